The molecule has 102 valence electrons. The molecule has 0 spiro atoms. The number of anilines is 1. The number of H-pyrrole nitrogens is 2. The van der Waals surface area contributed by atoms with E-state index >= 15 is 0 Å². The third-order valence-electron chi connectivity index (χ3n) is 3.16. The van der Waals surface area contributed by atoms with Crippen molar-refractivity contribution in [1.82, 2.24) is 19.9 Å². The van der Waals surface area contributed by atoms with Crippen LogP contribution in [0.1, 0.15) is 17.0 Å². The lowest BCUT2D eigenvalue weighted by Crippen LogP contribution is -2.10. The van der Waals surface area contributed by atoms with Crippen molar-refractivity contribution in [3.63, 3.8) is 0 Å². The Labute approximate surface area is 115 Å². The van der Waals surface area contributed by atoms with Gasteiger partial charge in [-0.3, -0.25) is 9.78 Å². The zero-order valence-electron chi connectivity index (χ0n) is 11.1. The zero-order chi connectivity index (χ0) is 14.1. The fourth-order valence-corrected chi connectivity index (χ4v) is 2.22. The molecule has 0 aliphatic carbocycles. The van der Waals surface area contributed by atoms with Gasteiger partial charge in [-0.15, -0.1) is 0 Å². The van der Waals surface area contributed by atoms with E-state index in [0.29, 0.717) is 11.2 Å². The summed E-state index contributed by atoms with van der Waals surface area (Å²) in [5.41, 5.74) is 8.42. The van der Waals surface area contributed by atoms with Gasteiger partial charge in [-0.25, -0.2) is 4.98 Å². The number of hydrogen-bond donors (Lipinski definition) is 3. The molecular formula is C14H15N5O. The summed E-state index contributed by atoms with van der Waals surface area (Å²) in [5.74, 6) is 0.823. The fourth-order valence-electron chi connectivity index (χ4n) is 2.22. The second-order valence-corrected chi connectivity index (χ2v) is 4.82. The van der Waals surface area contributed by atoms with E-state index in [2.05, 4.69) is 45.1 Å². The van der Waals surface area contributed by atoms with Crippen molar-refractivity contribution in [2.24, 2.45) is 0 Å². The van der Waals surface area contributed by atoms with Crippen LogP contribution in [0, 0.1) is 6.92 Å². The van der Waals surface area contributed by atoms with Crippen molar-refractivity contribution in [3.05, 3.63) is 51.6 Å². The van der Waals surface area contributed by atoms with Gasteiger partial charge < -0.3 is 10.7 Å². The minimum absolute atomic E-state index is 0.0826. The summed E-state index contributed by atoms with van der Waals surface area (Å²) in [4.78, 5) is 25.4. The zero-order valence-corrected chi connectivity index (χ0v) is 11.1. The molecule has 0 unspecified atom stereocenters. The normalized spacial score (nSPS) is 11.1. The number of aromatic amines is 2. The molecule has 0 radical (unpaired) electrons. The van der Waals surface area contributed by atoms with Gasteiger partial charge >= 0.3 is 0 Å². The Morgan fingerprint density at radius 2 is 2.05 bits per heavy atom. The molecule has 2 heterocycles. The highest BCUT2D eigenvalue weighted by molar-refractivity contribution is 5.70. The van der Waals surface area contributed by atoms with Crippen LogP contribution in [0.3, 0.4) is 0 Å². The van der Waals surface area contributed by atoms with Gasteiger partial charge in [-0.05, 0) is 18.9 Å². The number of nitrogens with one attached hydrogen (secondary N) is 2. The van der Waals surface area contributed by atoms with E-state index in [1.165, 1.54) is 11.1 Å². The number of imidazole rings is 1. The number of hydrogen-bond acceptors (Lipinski definition) is 4. The SMILES string of the molecule is Cc1cccc(CCc2nc3nc(N)[nH]c(=O)c3[nH]2)c1. The molecule has 1 aromatic carbocycles. The second-order valence-electron chi connectivity index (χ2n) is 4.82. The molecular weight excluding hydrogens is 254 g/mol. The van der Waals surface area contributed by atoms with Crippen LogP contribution >= 0.6 is 0 Å². The van der Waals surface area contributed by atoms with Crippen molar-refractivity contribution < 1.29 is 0 Å². The molecule has 0 bridgehead atoms. The van der Waals surface area contributed by atoms with E-state index in [1.807, 2.05) is 6.07 Å². The molecule has 20 heavy (non-hydrogen) atoms. The number of rotatable bonds is 3. The highest BCUT2D eigenvalue weighted by Gasteiger charge is 2.08. The number of aryl methyl sites for hydroxylation is 3. The van der Waals surface area contributed by atoms with Gasteiger partial charge in [0.2, 0.25) is 5.95 Å². The Bertz CT molecular complexity index is 818. The van der Waals surface area contributed by atoms with Crippen LogP contribution in [0.4, 0.5) is 5.95 Å². The predicted octanol–water partition coefficient (Wildman–Crippen LogP) is 1.32. The molecule has 0 amide bonds. The topological polar surface area (TPSA) is 100 Å². The lowest BCUT2D eigenvalue weighted by Gasteiger charge is -2.00. The third kappa shape index (κ3) is 2.40. The van der Waals surface area contributed by atoms with Gasteiger partial charge in [0, 0.05) is 6.42 Å². The average molecular weight is 269 g/mol. The highest BCUT2D eigenvalue weighted by atomic mass is 16.1. The smallest absolute Gasteiger partial charge is 0.278 e. The van der Waals surface area contributed by atoms with E-state index in [4.69, 9.17) is 5.73 Å². The Hall–Kier alpha value is -2.63. The number of fused-ring (bicyclic) bond motifs is 1. The summed E-state index contributed by atoms with van der Waals surface area (Å²) < 4.78 is 0. The van der Waals surface area contributed by atoms with Crippen molar-refractivity contribution in [2.45, 2.75) is 19.8 Å². The van der Waals surface area contributed by atoms with E-state index in [-0.39, 0.29) is 11.5 Å². The number of nitrogens with zero attached hydrogens (tertiary/aromatic N) is 2. The Morgan fingerprint density at radius 3 is 2.85 bits per heavy atom. The van der Waals surface area contributed by atoms with Crippen LogP contribution in [0.5, 0.6) is 0 Å². The first-order chi connectivity index (χ1) is 9.61. The van der Waals surface area contributed by atoms with Gasteiger partial charge in [0.15, 0.2) is 11.2 Å². The van der Waals surface area contributed by atoms with Crippen molar-refractivity contribution in [3.8, 4) is 0 Å². The molecule has 3 aromatic rings. The van der Waals surface area contributed by atoms with Crippen molar-refractivity contribution in [1.29, 1.82) is 0 Å². The monoisotopic (exact) mass is 269 g/mol. The van der Waals surface area contributed by atoms with Crippen LogP contribution in [0.2, 0.25) is 0 Å². The minimum Gasteiger partial charge on any atom is -0.369 e. The molecule has 0 aliphatic rings. The minimum atomic E-state index is -0.290. The van der Waals surface area contributed by atoms with Crippen LogP contribution in [-0.4, -0.2) is 19.9 Å². The largest absolute Gasteiger partial charge is 0.369 e. The van der Waals surface area contributed by atoms with Gasteiger partial charge in [-0.1, -0.05) is 29.8 Å². The average Bonchev–Trinajstić information content (AvgIpc) is 2.80. The molecule has 0 atom stereocenters. The summed E-state index contributed by atoms with van der Waals surface area (Å²) in [6.07, 6.45) is 1.58. The third-order valence-corrected chi connectivity index (χ3v) is 3.16. The number of aromatic nitrogens is 4. The summed E-state index contributed by atoms with van der Waals surface area (Å²) in [7, 11) is 0. The number of nitrogen functional groups attached to an aromatic ring is 1. The lowest BCUT2D eigenvalue weighted by molar-refractivity contribution is 0.887. The van der Waals surface area contributed by atoms with Crippen LogP contribution in [-0.2, 0) is 12.8 Å². The first-order valence-electron chi connectivity index (χ1n) is 6.42. The van der Waals surface area contributed by atoms with Crippen LogP contribution in [0.15, 0.2) is 29.1 Å². The first kappa shape index (κ1) is 12.4. The number of nitrogens with two attached hydrogens (primary N) is 1. The van der Waals surface area contributed by atoms with Crippen molar-refractivity contribution in [2.75, 3.05) is 5.73 Å². The maximum absolute atomic E-state index is 11.7. The van der Waals surface area contributed by atoms with E-state index < -0.39 is 0 Å². The molecule has 0 saturated heterocycles. The molecule has 6 heteroatoms. The van der Waals surface area contributed by atoms with E-state index in [1.54, 1.807) is 0 Å². The Balaban J connectivity index is 1.85. The summed E-state index contributed by atoms with van der Waals surface area (Å²) in [6.45, 7) is 2.07. The van der Waals surface area contributed by atoms with Crippen LogP contribution < -0.4 is 11.3 Å². The van der Waals surface area contributed by atoms with Gasteiger partial charge in [0.1, 0.15) is 5.82 Å². The Kier molecular flexibility index (Phi) is 2.98. The quantitative estimate of drug-likeness (QED) is 0.667. The maximum Gasteiger partial charge on any atom is 0.278 e. The maximum atomic E-state index is 11.7. The van der Waals surface area contributed by atoms with E-state index in [9.17, 15) is 4.79 Å². The molecule has 4 N–H and O–H groups in total. The molecule has 0 aliphatic heterocycles. The van der Waals surface area contributed by atoms with Gasteiger partial charge in [0.05, 0.1) is 0 Å². The molecule has 3 rings (SSSR count). The van der Waals surface area contributed by atoms with Gasteiger partial charge in [-0.2, -0.15) is 4.98 Å². The number of benzene rings is 1. The molecule has 6 nitrogen and oxygen atoms in total. The summed E-state index contributed by atoms with van der Waals surface area (Å²) in [6, 6.07) is 8.33. The van der Waals surface area contributed by atoms with Crippen molar-refractivity contribution >= 4 is 17.1 Å². The Morgan fingerprint density at radius 1 is 1.20 bits per heavy atom. The summed E-state index contributed by atoms with van der Waals surface area (Å²) >= 11 is 0. The molecule has 2 aromatic heterocycles. The lowest BCUT2D eigenvalue weighted by atomic mass is 10.1. The predicted molar refractivity (Wildman–Crippen MR) is 77.5 cm³/mol. The molecule has 0 fully saturated rings. The van der Waals surface area contributed by atoms with Gasteiger partial charge in [0.25, 0.3) is 5.56 Å². The summed E-state index contributed by atoms with van der Waals surface area (Å²) in [5, 5.41) is 0. The molecule has 0 saturated carbocycles. The first-order valence-corrected chi connectivity index (χ1v) is 6.42. The van der Waals surface area contributed by atoms with E-state index in [0.717, 1.165) is 18.7 Å². The highest BCUT2D eigenvalue weighted by Crippen LogP contribution is 2.10. The fraction of sp³-hybridized carbons (Fsp3) is 0.214. The second kappa shape index (κ2) is 4.80. The standard InChI is InChI=1S/C14H15N5O/c1-8-3-2-4-9(7-8)5-6-10-16-11-12(17-10)18-14(15)19-13(11)20/h2-4,7H,5-6H2,1H3,(H4,15,16,17,18,19,20). The van der Waals surface area contributed by atoms with Crippen LogP contribution in [0.25, 0.3) is 11.2 Å².